The monoisotopic (exact) mass is 352 g/mol. The van der Waals surface area contributed by atoms with Gasteiger partial charge < -0.3 is 19.9 Å². The number of hydrogen-bond acceptors (Lipinski definition) is 3. The first kappa shape index (κ1) is 17.0. The lowest BCUT2D eigenvalue weighted by atomic mass is 10.1. The summed E-state index contributed by atoms with van der Waals surface area (Å²) in [5, 5.41) is 0.371. The first-order valence-electron chi connectivity index (χ1n) is 7.90. The van der Waals surface area contributed by atoms with Crippen molar-refractivity contribution in [2.75, 3.05) is 7.11 Å². The molecule has 1 aromatic heterocycles. The number of nitrogens with two attached hydrogens (primary N) is 1. The Labute approximate surface area is 152 Å². The van der Waals surface area contributed by atoms with Crippen LogP contribution < -0.4 is 10.5 Å². The van der Waals surface area contributed by atoms with Gasteiger partial charge in [-0.3, -0.25) is 0 Å². The highest BCUT2D eigenvalue weighted by molar-refractivity contribution is 7.80. The molecule has 0 radical (unpaired) electrons. The van der Waals surface area contributed by atoms with E-state index in [2.05, 4.69) is 17.1 Å². The smallest absolute Gasteiger partial charge is 0.166 e. The van der Waals surface area contributed by atoms with Crippen LogP contribution in [0.15, 0.2) is 67.3 Å². The van der Waals surface area contributed by atoms with Crippen molar-refractivity contribution in [1.29, 1.82) is 0 Å². The van der Waals surface area contributed by atoms with Crippen LogP contribution in [-0.2, 0) is 13.1 Å². The first-order valence-corrected chi connectivity index (χ1v) is 8.31. The number of aromatic nitrogens is 2. The summed E-state index contributed by atoms with van der Waals surface area (Å²) < 4.78 is 7.25. The zero-order chi connectivity index (χ0) is 17.6. The molecule has 0 aliphatic rings. The van der Waals surface area contributed by atoms with Gasteiger partial charge in [-0.25, -0.2) is 4.98 Å². The van der Waals surface area contributed by atoms with Crippen LogP contribution in [0.3, 0.4) is 0 Å². The van der Waals surface area contributed by atoms with Crippen LogP contribution >= 0.6 is 12.2 Å². The summed E-state index contributed by atoms with van der Waals surface area (Å²) in [6, 6.07) is 16.2. The maximum absolute atomic E-state index is 5.95. The third-order valence-electron chi connectivity index (χ3n) is 3.91. The lowest BCUT2D eigenvalue weighted by Crippen LogP contribution is -2.34. The van der Waals surface area contributed by atoms with Gasteiger partial charge in [0.15, 0.2) is 5.11 Å². The molecule has 0 atom stereocenters. The van der Waals surface area contributed by atoms with Gasteiger partial charge in [-0.1, -0.05) is 24.3 Å². The molecular weight excluding hydrogens is 332 g/mol. The summed E-state index contributed by atoms with van der Waals surface area (Å²) in [7, 11) is 1.66. The number of benzene rings is 2. The molecule has 0 aliphatic heterocycles. The highest BCUT2D eigenvalue weighted by Gasteiger charge is 2.10. The van der Waals surface area contributed by atoms with Crippen molar-refractivity contribution in [3.63, 3.8) is 0 Å². The van der Waals surface area contributed by atoms with Crippen LogP contribution in [0.4, 0.5) is 0 Å². The van der Waals surface area contributed by atoms with Crippen molar-refractivity contribution in [1.82, 2.24) is 14.5 Å². The van der Waals surface area contributed by atoms with Crippen LogP contribution in [-0.4, -0.2) is 26.7 Å². The Balaban J connectivity index is 1.78. The highest BCUT2D eigenvalue weighted by Crippen LogP contribution is 2.17. The summed E-state index contributed by atoms with van der Waals surface area (Å²) in [6.07, 6.45) is 5.46. The van der Waals surface area contributed by atoms with Crippen LogP contribution in [0.2, 0.25) is 0 Å². The molecule has 0 bridgehead atoms. The van der Waals surface area contributed by atoms with Crippen LogP contribution in [0.1, 0.15) is 11.1 Å². The maximum atomic E-state index is 5.95. The van der Waals surface area contributed by atoms with E-state index in [1.165, 1.54) is 0 Å². The van der Waals surface area contributed by atoms with E-state index >= 15 is 0 Å². The van der Waals surface area contributed by atoms with E-state index in [9.17, 15) is 0 Å². The van der Waals surface area contributed by atoms with Gasteiger partial charge in [0.05, 0.1) is 13.4 Å². The van der Waals surface area contributed by atoms with Crippen molar-refractivity contribution in [3.05, 3.63) is 78.4 Å². The number of nitrogens with zero attached hydrogens (tertiary/aromatic N) is 3. The molecule has 2 N–H and O–H groups in total. The molecule has 0 fully saturated rings. The van der Waals surface area contributed by atoms with E-state index in [0.717, 1.165) is 22.6 Å². The molecule has 3 rings (SSSR count). The van der Waals surface area contributed by atoms with Crippen molar-refractivity contribution in [2.24, 2.45) is 5.73 Å². The number of rotatable bonds is 6. The fourth-order valence-corrected chi connectivity index (χ4v) is 2.78. The second-order valence-corrected chi connectivity index (χ2v) is 6.10. The molecule has 0 saturated carbocycles. The van der Waals surface area contributed by atoms with E-state index in [4.69, 9.17) is 22.7 Å². The van der Waals surface area contributed by atoms with E-state index in [-0.39, 0.29) is 0 Å². The quantitative estimate of drug-likeness (QED) is 0.691. The zero-order valence-corrected chi connectivity index (χ0v) is 14.8. The topological polar surface area (TPSA) is 56.3 Å². The predicted octanol–water partition coefficient (Wildman–Crippen LogP) is 3.13. The van der Waals surface area contributed by atoms with Crippen molar-refractivity contribution in [2.45, 2.75) is 13.1 Å². The summed E-state index contributed by atoms with van der Waals surface area (Å²) in [5.74, 6) is 0.822. The molecule has 0 unspecified atom stereocenters. The number of methoxy groups -OCH3 is 1. The first-order chi connectivity index (χ1) is 12.2. The fourth-order valence-electron chi connectivity index (χ4n) is 2.65. The SMILES string of the molecule is COc1cccc(CN(Cc2cccc(-n3ccnc3)c2)C(N)=S)c1. The van der Waals surface area contributed by atoms with Gasteiger partial charge in [-0.05, 0) is 47.6 Å². The van der Waals surface area contributed by atoms with Gasteiger partial charge in [-0.2, -0.15) is 0 Å². The van der Waals surface area contributed by atoms with Gasteiger partial charge in [0.1, 0.15) is 5.75 Å². The molecule has 5 nitrogen and oxygen atoms in total. The molecule has 6 heteroatoms. The molecule has 0 spiro atoms. The van der Waals surface area contributed by atoms with Gasteiger partial charge in [0.2, 0.25) is 0 Å². The van der Waals surface area contributed by atoms with Gasteiger partial charge in [0, 0.05) is 31.2 Å². The lowest BCUT2D eigenvalue weighted by molar-refractivity contribution is 0.400. The Bertz CT molecular complexity index is 848. The normalized spacial score (nSPS) is 10.4. The van der Waals surface area contributed by atoms with E-state index in [1.54, 1.807) is 19.6 Å². The maximum Gasteiger partial charge on any atom is 0.166 e. The summed E-state index contributed by atoms with van der Waals surface area (Å²) in [4.78, 5) is 6.06. The third kappa shape index (κ3) is 4.36. The van der Waals surface area contributed by atoms with Crippen molar-refractivity contribution < 1.29 is 4.74 Å². The van der Waals surface area contributed by atoms with Crippen LogP contribution in [0, 0.1) is 0 Å². The molecule has 0 saturated heterocycles. The van der Waals surface area contributed by atoms with Crippen LogP contribution in [0.25, 0.3) is 5.69 Å². The van der Waals surface area contributed by atoms with Gasteiger partial charge in [-0.15, -0.1) is 0 Å². The van der Waals surface area contributed by atoms with E-state index in [0.29, 0.717) is 18.2 Å². The van der Waals surface area contributed by atoms with E-state index in [1.807, 2.05) is 52.1 Å². The highest BCUT2D eigenvalue weighted by atomic mass is 32.1. The number of ether oxygens (including phenoxy) is 1. The Kier molecular flexibility index (Phi) is 5.30. The van der Waals surface area contributed by atoms with Gasteiger partial charge in [0.25, 0.3) is 0 Å². The third-order valence-corrected chi connectivity index (χ3v) is 4.16. The Hall–Kier alpha value is -2.86. The minimum absolute atomic E-state index is 0.371. The number of imidazole rings is 1. The molecule has 1 heterocycles. The largest absolute Gasteiger partial charge is 0.497 e. The summed E-state index contributed by atoms with van der Waals surface area (Å²) >= 11 is 5.25. The number of hydrogen-bond donors (Lipinski definition) is 1. The standard InChI is InChI=1S/C19H20N4OS/c1-24-18-7-3-5-16(11-18)13-23(19(20)25)12-15-4-2-6-17(10-15)22-9-8-21-14-22/h2-11,14H,12-13H2,1H3,(H2,20,25). The minimum Gasteiger partial charge on any atom is -0.497 e. The average molecular weight is 352 g/mol. The average Bonchev–Trinajstić information content (AvgIpc) is 3.16. The lowest BCUT2D eigenvalue weighted by Gasteiger charge is -2.23. The minimum atomic E-state index is 0.371. The predicted molar refractivity (Wildman–Crippen MR) is 103 cm³/mol. The summed E-state index contributed by atoms with van der Waals surface area (Å²) in [6.45, 7) is 1.26. The van der Waals surface area contributed by atoms with Crippen LogP contribution in [0.5, 0.6) is 5.75 Å². The van der Waals surface area contributed by atoms with Crippen molar-refractivity contribution >= 4 is 17.3 Å². The molecule has 2 aromatic carbocycles. The fraction of sp³-hybridized carbons (Fsp3) is 0.158. The second-order valence-electron chi connectivity index (χ2n) is 5.69. The molecular formula is C19H20N4OS. The van der Waals surface area contributed by atoms with Crippen molar-refractivity contribution in [3.8, 4) is 11.4 Å². The zero-order valence-electron chi connectivity index (χ0n) is 14.0. The molecule has 3 aromatic rings. The Morgan fingerprint density at radius 1 is 1.16 bits per heavy atom. The second kappa shape index (κ2) is 7.81. The Morgan fingerprint density at radius 3 is 2.52 bits per heavy atom. The molecule has 128 valence electrons. The Morgan fingerprint density at radius 2 is 1.88 bits per heavy atom. The van der Waals surface area contributed by atoms with E-state index < -0.39 is 0 Å². The molecule has 0 amide bonds. The molecule has 0 aliphatic carbocycles. The summed E-state index contributed by atoms with van der Waals surface area (Å²) in [5.41, 5.74) is 9.22. The van der Waals surface area contributed by atoms with Gasteiger partial charge >= 0.3 is 0 Å². The molecule has 25 heavy (non-hydrogen) atoms. The number of thiocarbonyl (C=S) groups is 1.